The van der Waals surface area contributed by atoms with E-state index in [2.05, 4.69) is 34.0 Å². The summed E-state index contributed by atoms with van der Waals surface area (Å²) >= 11 is 0. The van der Waals surface area contributed by atoms with Gasteiger partial charge in [-0.1, -0.05) is 6.92 Å². The predicted molar refractivity (Wildman–Crippen MR) is 74.5 cm³/mol. The molecule has 2 heterocycles. The van der Waals surface area contributed by atoms with Gasteiger partial charge in [0.05, 0.1) is 12.0 Å². The number of aryl methyl sites for hydroxylation is 1. The number of H-pyrrole nitrogens is 1. The van der Waals surface area contributed by atoms with E-state index >= 15 is 0 Å². The molecule has 2 rings (SSSR count). The molecule has 1 fully saturated rings. The van der Waals surface area contributed by atoms with E-state index in [4.69, 9.17) is 0 Å². The minimum atomic E-state index is 0.881. The monoisotopic (exact) mass is 250 g/mol. The molecule has 0 spiro atoms. The lowest BCUT2D eigenvalue weighted by molar-refractivity contribution is 0.190. The molecule has 18 heavy (non-hydrogen) atoms. The second kappa shape index (κ2) is 6.90. The summed E-state index contributed by atoms with van der Waals surface area (Å²) in [5.41, 5.74) is 2.31. The van der Waals surface area contributed by atoms with Crippen LogP contribution in [0.25, 0.3) is 0 Å². The average molecular weight is 250 g/mol. The molecular weight excluding hydrogens is 224 g/mol. The number of aromatic amines is 1. The van der Waals surface area contributed by atoms with Gasteiger partial charge in [-0.3, -0.25) is 0 Å². The molecule has 4 nitrogen and oxygen atoms in total. The highest BCUT2D eigenvalue weighted by Crippen LogP contribution is 2.15. The van der Waals surface area contributed by atoms with Gasteiger partial charge in [-0.15, -0.1) is 0 Å². The summed E-state index contributed by atoms with van der Waals surface area (Å²) in [4.78, 5) is 9.99. The van der Waals surface area contributed by atoms with E-state index in [1.54, 1.807) is 6.33 Å². The summed E-state index contributed by atoms with van der Waals surface area (Å²) in [7, 11) is 0. The number of imidazole rings is 1. The highest BCUT2D eigenvalue weighted by Gasteiger charge is 2.14. The molecule has 0 amide bonds. The Bertz CT molecular complexity index is 339. The molecule has 0 unspecified atom stereocenters. The maximum atomic E-state index is 4.28. The first kappa shape index (κ1) is 13.6. The van der Waals surface area contributed by atoms with Gasteiger partial charge in [0.25, 0.3) is 0 Å². The van der Waals surface area contributed by atoms with Gasteiger partial charge in [0.1, 0.15) is 0 Å². The zero-order valence-corrected chi connectivity index (χ0v) is 11.7. The average Bonchev–Trinajstić information content (AvgIpc) is 2.77. The van der Waals surface area contributed by atoms with Gasteiger partial charge in [0.15, 0.2) is 0 Å². The number of rotatable bonds is 6. The van der Waals surface area contributed by atoms with E-state index < -0.39 is 0 Å². The van der Waals surface area contributed by atoms with Gasteiger partial charge < -0.3 is 15.2 Å². The lowest BCUT2D eigenvalue weighted by Gasteiger charge is -2.30. The molecule has 1 aliphatic rings. The van der Waals surface area contributed by atoms with Gasteiger partial charge in [0, 0.05) is 12.2 Å². The maximum Gasteiger partial charge on any atom is 0.0925 e. The van der Waals surface area contributed by atoms with Crippen molar-refractivity contribution in [2.75, 3.05) is 26.2 Å². The summed E-state index contributed by atoms with van der Waals surface area (Å²) in [6.07, 6.45) is 5.75. The molecule has 1 saturated heterocycles. The molecule has 0 radical (unpaired) electrons. The minimum absolute atomic E-state index is 0.881. The maximum absolute atomic E-state index is 4.28. The van der Waals surface area contributed by atoms with E-state index in [1.165, 1.54) is 44.6 Å². The normalized spacial score (nSPS) is 18.3. The Morgan fingerprint density at radius 2 is 2.22 bits per heavy atom. The highest BCUT2D eigenvalue weighted by atomic mass is 15.1. The lowest BCUT2D eigenvalue weighted by Crippen LogP contribution is -2.34. The van der Waals surface area contributed by atoms with Crippen molar-refractivity contribution in [2.45, 2.75) is 39.7 Å². The third-order valence-electron chi connectivity index (χ3n) is 3.93. The largest absolute Gasteiger partial charge is 0.348 e. The molecule has 1 aliphatic heterocycles. The number of hydrogen-bond donors (Lipinski definition) is 2. The summed E-state index contributed by atoms with van der Waals surface area (Å²) in [6, 6.07) is 0. The Morgan fingerprint density at radius 1 is 1.44 bits per heavy atom. The van der Waals surface area contributed by atoms with Crippen LogP contribution in [0.2, 0.25) is 0 Å². The fourth-order valence-corrected chi connectivity index (χ4v) is 2.49. The van der Waals surface area contributed by atoms with Crippen LogP contribution in [0.4, 0.5) is 0 Å². The molecule has 0 bridgehead atoms. The van der Waals surface area contributed by atoms with Crippen LogP contribution in [0.1, 0.15) is 37.6 Å². The standard InChI is InChI=1S/C14H26N4/c1-12-4-8-18(9-5-12)7-3-6-15-10-14-13(2)16-11-17-14/h11-12,15H,3-10H2,1-2H3,(H,16,17). The van der Waals surface area contributed by atoms with Crippen LogP contribution in [0, 0.1) is 12.8 Å². The van der Waals surface area contributed by atoms with Gasteiger partial charge in [-0.2, -0.15) is 0 Å². The van der Waals surface area contributed by atoms with E-state index in [0.717, 1.165) is 24.7 Å². The molecule has 102 valence electrons. The summed E-state index contributed by atoms with van der Waals surface area (Å²) in [6.45, 7) is 10.2. The molecule has 2 N–H and O–H groups in total. The molecular formula is C14H26N4. The van der Waals surface area contributed by atoms with Crippen LogP contribution in [0.3, 0.4) is 0 Å². The zero-order valence-electron chi connectivity index (χ0n) is 11.7. The number of likely N-dealkylation sites (tertiary alicyclic amines) is 1. The Hall–Kier alpha value is -0.870. The van der Waals surface area contributed by atoms with Crippen LogP contribution in [0.5, 0.6) is 0 Å². The first-order chi connectivity index (χ1) is 8.75. The molecule has 1 aromatic rings. The Morgan fingerprint density at radius 3 is 2.89 bits per heavy atom. The molecule has 0 aromatic carbocycles. The van der Waals surface area contributed by atoms with Crippen molar-refractivity contribution in [3.63, 3.8) is 0 Å². The van der Waals surface area contributed by atoms with Crippen molar-refractivity contribution in [3.05, 3.63) is 17.7 Å². The lowest BCUT2D eigenvalue weighted by atomic mass is 9.99. The summed E-state index contributed by atoms with van der Waals surface area (Å²) in [5, 5.41) is 3.47. The fourth-order valence-electron chi connectivity index (χ4n) is 2.49. The minimum Gasteiger partial charge on any atom is -0.348 e. The van der Waals surface area contributed by atoms with Gasteiger partial charge in [-0.25, -0.2) is 4.98 Å². The Balaban J connectivity index is 1.53. The van der Waals surface area contributed by atoms with Gasteiger partial charge in [0.2, 0.25) is 0 Å². The number of piperidine rings is 1. The zero-order chi connectivity index (χ0) is 12.8. The number of nitrogens with one attached hydrogen (secondary N) is 2. The second-order valence-electron chi connectivity index (χ2n) is 5.53. The van der Waals surface area contributed by atoms with Crippen molar-refractivity contribution in [1.29, 1.82) is 0 Å². The van der Waals surface area contributed by atoms with Crippen molar-refractivity contribution < 1.29 is 0 Å². The van der Waals surface area contributed by atoms with Crippen LogP contribution in [-0.2, 0) is 6.54 Å². The third-order valence-corrected chi connectivity index (χ3v) is 3.93. The Kier molecular flexibility index (Phi) is 5.20. The molecule has 0 atom stereocenters. The summed E-state index contributed by atoms with van der Waals surface area (Å²) < 4.78 is 0. The van der Waals surface area contributed by atoms with E-state index in [1.807, 2.05) is 0 Å². The highest BCUT2D eigenvalue weighted by molar-refractivity contribution is 5.07. The smallest absolute Gasteiger partial charge is 0.0925 e. The first-order valence-electron chi connectivity index (χ1n) is 7.17. The van der Waals surface area contributed by atoms with Crippen molar-refractivity contribution >= 4 is 0 Å². The Labute approximate surface area is 110 Å². The van der Waals surface area contributed by atoms with Crippen molar-refractivity contribution in [1.82, 2.24) is 20.2 Å². The van der Waals surface area contributed by atoms with E-state index in [-0.39, 0.29) is 0 Å². The van der Waals surface area contributed by atoms with E-state index in [0.29, 0.717) is 0 Å². The SMILES string of the molecule is Cc1[nH]cnc1CNCCCN1CCC(C)CC1. The predicted octanol–water partition coefficient (Wildman–Crippen LogP) is 1.93. The molecule has 1 aromatic heterocycles. The van der Waals surface area contributed by atoms with Crippen molar-refractivity contribution in [3.8, 4) is 0 Å². The fraction of sp³-hybridized carbons (Fsp3) is 0.786. The number of nitrogens with zero attached hydrogens (tertiary/aromatic N) is 2. The van der Waals surface area contributed by atoms with Crippen LogP contribution in [-0.4, -0.2) is 41.0 Å². The van der Waals surface area contributed by atoms with Crippen LogP contribution >= 0.6 is 0 Å². The molecule has 0 aliphatic carbocycles. The van der Waals surface area contributed by atoms with Crippen molar-refractivity contribution in [2.24, 2.45) is 5.92 Å². The third kappa shape index (κ3) is 4.10. The van der Waals surface area contributed by atoms with Gasteiger partial charge in [-0.05, 0) is 58.3 Å². The summed E-state index contributed by atoms with van der Waals surface area (Å²) in [5.74, 6) is 0.932. The van der Waals surface area contributed by atoms with Gasteiger partial charge >= 0.3 is 0 Å². The van der Waals surface area contributed by atoms with Crippen LogP contribution in [0.15, 0.2) is 6.33 Å². The second-order valence-corrected chi connectivity index (χ2v) is 5.53. The van der Waals surface area contributed by atoms with E-state index in [9.17, 15) is 0 Å². The number of hydrogen-bond acceptors (Lipinski definition) is 3. The quantitative estimate of drug-likeness (QED) is 0.758. The molecule has 0 saturated carbocycles. The topological polar surface area (TPSA) is 44.0 Å². The number of aromatic nitrogens is 2. The first-order valence-corrected chi connectivity index (χ1v) is 7.17. The molecule has 4 heteroatoms. The van der Waals surface area contributed by atoms with Crippen LogP contribution < -0.4 is 5.32 Å².